The molecule has 3 nitrogen and oxygen atoms in total. The summed E-state index contributed by atoms with van der Waals surface area (Å²) in [5, 5.41) is 0.240. The van der Waals surface area contributed by atoms with Crippen molar-refractivity contribution in [3.8, 4) is 5.75 Å². The number of halogens is 2. The maximum absolute atomic E-state index is 6.08. The summed E-state index contributed by atoms with van der Waals surface area (Å²) >= 11 is 12.1. The van der Waals surface area contributed by atoms with Crippen LogP contribution in [0.1, 0.15) is 0 Å². The number of para-hydroxylation sites is 3. The van der Waals surface area contributed by atoms with E-state index in [0.717, 1.165) is 0 Å². The molecule has 0 saturated carbocycles. The van der Waals surface area contributed by atoms with E-state index in [1.54, 1.807) is 19.2 Å². The van der Waals surface area contributed by atoms with Crippen LogP contribution in [-0.4, -0.2) is 17.5 Å². The molecule has 2 aromatic carbocycles. The van der Waals surface area contributed by atoms with E-state index in [2.05, 4.69) is 9.98 Å². The molecule has 0 spiro atoms. The zero-order chi connectivity index (χ0) is 14.4. The molecule has 2 rings (SSSR count). The van der Waals surface area contributed by atoms with Crippen molar-refractivity contribution < 1.29 is 4.74 Å². The lowest BCUT2D eigenvalue weighted by molar-refractivity contribution is 0.416. The van der Waals surface area contributed by atoms with E-state index in [9.17, 15) is 0 Å². The highest BCUT2D eigenvalue weighted by Gasteiger charge is 2.06. The van der Waals surface area contributed by atoms with Crippen molar-refractivity contribution in [2.75, 3.05) is 7.11 Å². The molecule has 20 heavy (non-hydrogen) atoms. The van der Waals surface area contributed by atoms with E-state index in [-0.39, 0.29) is 10.3 Å². The summed E-state index contributed by atoms with van der Waals surface area (Å²) < 4.78 is 5.20. The molecule has 2 aromatic rings. The van der Waals surface area contributed by atoms with E-state index in [4.69, 9.17) is 27.9 Å². The third kappa shape index (κ3) is 3.83. The summed E-state index contributed by atoms with van der Waals surface area (Å²) in [6.07, 6.45) is 0. The smallest absolute Gasteiger partial charge is 0.167 e. The maximum atomic E-state index is 6.08. The Balaban J connectivity index is 2.28. The molecule has 0 N–H and O–H groups in total. The highest BCUT2D eigenvalue weighted by molar-refractivity contribution is 7.00. The van der Waals surface area contributed by atoms with Crippen molar-refractivity contribution in [3.63, 3.8) is 0 Å². The first-order chi connectivity index (χ1) is 9.70. The van der Waals surface area contributed by atoms with Gasteiger partial charge in [-0.3, -0.25) is 0 Å². The lowest BCUT2D eigenvalue weighted by Crippen LogP contribution is -1.98. The monoisotopic (exact) mass is 306 g/mol. The minimum Gasteiger partial charge on any atom is -0.494 e. The predicted octanol–water partition coefficient (Wildman–Crippen LogP) is 4.93. The van der Waals surface area contributed by atoms with Crippen LogP contribution in [0.5, 0.6) is 5.75 Å². The zero-order valence-corrected chi connectivity index (χ0v) is 12.3. The van der Waals surface area contributed by atoms with Gasteiger partial charge in [0, 0.05) is 0 Å². The minimum absolute atomic E-state index is 0.111. The summed E-state index contributed by atoms with van der Waals surface area (Å²) in [7, 11) is 1.57. The summed E-state index contributed by atoms with van der Waals surface area (Å²) in [6.45, 7) is 0. The van der Waals surface area contributed by atoms with E-state index in [1.165, 1.54) is 0 Å². The van der Waals surface area contributed by atoms with Crippen molar-refractivity contribution in [1.29, 1.82) is 0 Å². The van der Waals surface area contributed by atoms with Crippen LogP contribution in [0.4, 0.5) is 11.4 Å². The van der Waals surface area contributed by atoms with Crippen LogP contribution in [0.15, 0.2) is 64.6 Å². The molecule has 0 aliphatic carbocycles. The Morgan fingerprint density at radius 3 is 2.15 bits per heavy atom. The second kappa shape index (κ2) is 7.08. The Kier molecular flexibility index (Phi) is 5.16. The standard InChI is InChI=1S/C15H12Cl2N2O/c1-20-13-10-6-5-9-12(13)19-15(17)14(16)18-11-7-3-2-4-8-11/h2-10H,1H3. The highest BCUT2D eigenvalue weighted by Crippen LogP contribution is 2.27. The molecule has 0 unspecified atom stereocenters. The van der Waals surface area contributed by atoms with Crippen molar-refractivity contribution >= 4 is 44.9 Å². The van der Waals surface area contributed by atoms with Gasteiger partial charge in [0.05, 0.1) is 12.8 Å². The van der Waals surface area contributed by atoms with Crippen LogP contribution in [-0.2, 0) is 0 Å². The number of benzene rings is 2. The van der Waals surface area contributed by atoms with Gasteiger partial charge in [0.15, 0.2) is 10.3 Å². The van der Waals surface area contributed by atoms with Crippen molar-refractivity contribution in [2.24, 2.45) is 9.98 Å². The van der Waals surface area contributed by atoms with Crippen LogP contribution in [0.3, 0.4) is 0 Å². The lowest BCUT2D eigenvalue weighted by atomic mass is 10.3. The average Bonchev–Trinajstić information content (AvgIpc) is 2.48. The highest BCUT2D eigenvalue weighted by atomic mass is 35.5. The Morgan fingerprint density at radius 1 is 0.850 bits per heavy atom. The number of ether oxygens (including phenoxy) is 1. The summed E-state index contributed by atoms with van der Waals surface area (Å²) in [5.74, 6) is 0.620. The molecule has 0 heterocycles. The molecular formula is C15H12Cl2N2O. The summed E-state index contributed by atoms with van der Waals surface area (Å²) in [6, 6.07) is 16.6. The fraction of sp³-hybridized carbons (Fsp3) is 0.0667. The molecule has 0 atom stereocenters. The molecule has 0 aliphatic rings. The number of rotatable bonds is 4. The largest absolute Gasteiger partial charge is 0.494 e. The molecule has 0 aliphatic heterocycles. The van der Waals surface area contributed by atoms with Crippen LogP contribution < -0.4 is 4.74 Å². The van der Waals surface area contributed by atoms with E-state index >= 15 is 0 Å². The van der Waals surface area contributed by atoms with Gasteiger partial charge in [0.2, 0.25) is 0 Å². The van der Waals surface area contributed by atoms with Gasteiger partial charge in [-0.15, -0.1) is 0 Å². The van der Waals surface area contributed by atoms with Crippen molar-refractivity contribution in [3.05, 3.63) is 54.6 Å². The van der Waals surface area contributed by atoms with Crippen LogP contribution >= 0.6 is 23.2 Å². The first-order valence-corrected chi connectivity index (χ1v) is 6.63. The third-order valence-corrected chi connectivity index (χ3v) is 3.08. The molecule has 0 amide bonds. The van der Waals surface area contributed by atoms with Crippen LogP contribution in [0.25, 0.3) is 0 Å². The Bertz CT molecular complexity index is 639. The second-order valence-corrected chi connectivity index (χ2v) is 4.53. The molecule has 5 heteroatoms. The first kappa shape index (κ1) is 14.6. The third-order valence-electron chi connectivity index (χ3n) is 2.46. The van der Waals surface area contributed by atoms with Crippen LogP contribution in [0, 0.1) is 0 Å². The number of hydrogen-bond acceptors (Lipinski definition) is 3. The minimum atomic E-state index is 0.111. The molecule has 0 bridgehead atoms. The molecule has 0 radical (unpaired) electrons. The number of aliphatic imine (C=N–C) groups is 2. The SMILES string of the molecule is COc1ccccc1N=C(Cl)C(Cl)=Nc1ccccc1. The topological polar surface area (TPSA) is 34.0 Å². The van der Waals surface area contributed by atoms with Gasteiger partial charge in [-0.25, -0.2) is 9.98 Å². The molecule has 0 fully saturated rings. The van der Waals surface area contributed by atoms with Crippen molar-refractivity contribution in [1.82, 2.24) is 0 Å². The summed E-state index contributed by atoms with van der Waals surface area (Å²) in [4.78, 5) is 8.41. The van der Waals surface area contributed by atoms with Gasteiger partial charge in [0.1, 0.15) is 11.4 Å². The van der Waals surface area contributed by atoms with Gasteiger partial charge in [-0.1, -0.05) is 53.5 Å². The van der Waals surface area contributed by atoms with E-state index in [0.29, 0.717) is 17.1 Å². The molecule has 102 valence electrons. The lowest BCUT2D eigenvalue weighted by Gasteiger charge is -2.03. The van der Waals surface area contributed by atoms with E-state index < -0.39 is 0 Å². The molecule has 0 saturated heterocycles. The van der Waals surface area contributed by atoms with Crippen molar-refractivity contribution in [2.45, 2.75) is 0 Å². The average molecular weight is 307 g/mol. The molecule has 0 aromatic heterocycles. The first-order valence-electron chi connectivity index (χ1n) is 5.87. The quantitative estimate of drug-likeness (QED) is 0.737. The Morgan fingerprint density at radius 2 is 1.45 bits per heavy atom. The fourth-order valence-electron chi connectivity index (χ4n) is 1.54. The normalized spacial score (nSPS) is 12.3. The van der Waals surface area contributed by atoms with Gasteiger partial charge in [-0.05, 0) is 24.3 Å². The second-order valence-electron chi connectivity index (χ2n) is 3.81. The zero-order valence-electron chi connectivity index (χ0n) is 10.8. The Labute approximate surface area is 127 Å². The van der Waals surface area contributed by atoms with Gasteiger partial charge in [-0.2, -0.15) is 0 Å². The number of methoxy groups -OCH3 is 1. The van der Waals surface area contributed by atoms with Gasteiger partial charge < -0.3 is 4.74 Å². The fourth-order valence-corrected chi connectivity index (χ4v) is 1.81. The molecular weight excluding hydrogens is 295 g/mol. The predicted molar refractivity (Wildman–Crippen MR) is 85.3 cm³/mol. The van der Waals surface area contributed by atoms with E-state index in [1.807, 2.05) is 42.5 Å². The number of hydrogen-bond donors (Lipinski definition) is 0. The van der Waals surface area contributed by atoms with Gasteiger partial charge in [0.25, 0.3) is 0 Å². The Hall–Kier alpha value is -1.84. The van der Waals surface area contributed by atoms with Gasteiger partial charge >= 0.3 is 0 Å². The maximum Gasteiger partial charge on any atom is 0.167 e. The summed E-state index contributed by atoms with van der Waals surface area (Å²) in [5.41, 5.74) is 1.31. The van der Waals surface area contributed by atoms with Crippen LogP contribution in [0.2, 0.25) is 0 Å². The number of nitrogens with zero attached hydrogens (tertiary/aromatic N) is 2.